The Morgan fingerprint density at radius 2 is 1.88 bits per heavy atom. The van der Waals surface area contributed by atoms with Crippen molar-refractivity contribution in [2.45, 2.75) is 27.3 Å². The molecule has 3 heteroatoms. The predicted octanol–water partition coefficient (Wildman–Crippen LogP) is 2.26. The maximum atomic E-state index is 10.9. The van der Waals surface area contributed by atoms with Crippen molar-refractivity contribution in [2.75, 3.05) is 13.1 Å². The van der Waals surface area contributed by atoms with E-state index in [-0.39, 0.29) is 5.91 Å². The molecule has 1 rings (SSSR count). The third-order valence-electron chi connectivity index (χ3n) is 2.72. The van der Waals surface area contributed by atoms with Crippen LogP contribution in [0.15, 0.2) is 24.3 Å². The molecule has 0 aliphatic carbocycles. The Morgan fingerprint density at radius 3 is 2.29 bits per heavy atom. The van der Waals surface area contributed by atoms with E-state index < -0.39 is 0 Å². The number of primary amides is 1. The Hall–Kier alpha value is -1.35. The number of rotatable bonds is 6. The average molecular weight is 234 g/mol. The summed E-state index contributed by atoms with van der Waals surface area (Å²) in [7, 11) is 0. The summed E-state index contributed by atoms with van der Waals surface area (Å²) in [6.45, 7) is 9.66. The second-order valence-corrected chi connectivity index (χ2v) is 4.78. The predicted molar refractivity (Wildman–Crippen MR) is 70.7 cm³/mol. The Balaban J connectivity index is 2.64. The van der Waals surface area contributed by atoms with E-state index in [0.717, 1.165) is 19.6 Å². The molecule has 0 radical (unpaired) electrons. The van der Waals surface area contributed by atoms with E-state index in [0.29, 0.717) is 11.5 Å². The topological polar surface area (TPSA) is 46.3 Å². The van der Waals surface area contributed by atoms with Crippen LogP contribution in [0.4, 0.5) is 0 Å². The van der Waals surface area contributed by atoms with Crippen LogP contribution in [0.2, 0.25) is 0 Å². The lowest BCUT2D eigenvalue weighted by molar-refractivity contribution is 0.100. The molecule has 0 saturated heterocycles. The van der Waals surface area contributed by atoms with Gasteiger partial charge in [-0.3, -0.25) is 9.69 Å². The normalized spacial score (nSPS) is 11.1. The molecule has 0 aliphatic heterocycles. The van der Waals surface area contributed by atoms with Crippen LogP contribution >= 0.6 is 0 Å². The van der Waals surface area contributed by atoms with E-state index in [1.165, 1.54) is 5.56 Å². The van der Waals surface area contributed by atoms with Gasteiger partial charge in [-0.1, -0.05) is 32.9 Å². The molecular formula is C14H22N2O. The number of carbonyl (C=O) groups excluding carboxylic acids is 1. The van der Waals surface area contributed by atoms with Gasteiger partial charge in [0.2, 0.25) is 5.91 Å². The molecule has 1 aromatic carbocycles. The van der Waals surface area contributed by atoms with Gasteiger partial charge in [-0.2, -0.15) is 0 Å². The SMILES string of the molecule is CCN(Cc1ccc(C(N)=O)cc1)CC(C)C. The second kappa shape index (κ2) is 6.40. The van der Waals surface area contributed by atoms with Crippen molar-refractivity contribution in [2.24, 2.45) is 11.7 Å². The zero-order valence-electron chi connectivity index (χ0n) is 10.9. The fraction of sp³-hybridized carbons (Fsp3) is 0.500. The number of hydrogen-bond donors (Lipinski definition) is 1. The summed E-state index contributed by atoms with van der Waals surface area (Å²) >= 11 is 0. The maximum absolute atomic E-state index is 10.9. The zero-order valence-corrected chi connectivity index (χ0v) is 10.9. The number of hydrogen-bond acceptors (Lipinski definition) is 2. The maximum Gasteiger partial charge on any atom is 0.248 e. The van der Waals surface area contributed by atoms with Crippen LogP contribution in [-0.4, -0.2) is 23.9 Å². The van der Waals surface area contributed by atoms with Gasteiger partial charge in [-0.25, -0.2) is 0 Å². The second-order valence-electron chi connectivity index (χ2n) is 4.78. The number of carbonyl (C=O) groups is 1. The molecule has 0 saturated carbocycles. The minimum absolute atomic E-state index is 0.369. The lowest BCUT2D eigenvalue weighted by atomic mass is 10.1. The molecule has 94 valence electrons. The Labute approximate surface area is 104 Å². The van der Waals surface area contributed by atoms with Crippen LogP contribution in [0.5, 0.6) is 0 Å². The Kier molecular flexibility index (Phi) is 5.16. The summed E-state index contributed by atoms with van der Waals surface area (Å²) < 4.78 is 0. The third kappa shape index (κ3) is 4.57. The summed E-state index contributed by atoms with van der Waals surface area (Å²) in [6, 6.07) is 7.54. The van der Waals surface area contributed by atoms with E-state index in [4.69, 9.17) is 5.73 Å². The van der Waals surface area contributed by atoms with Gasteiger partial charge < -0.3 is 5.73 Å². The molecule has 1 amide bonds. The molecule has 17 heavy (non-hydrogen) atoms. The van der Waals surface area contributed by atoms with Gasteiger partial charge in [0.25, 0.3) is 0 Å². The van der Waals surface area contributed by atoms with Crippen LogP contribution in [0.25, 0.3) is 0 Å². The first-order valence-electron chi connectivity index (χ1n) is 6.14. The molecule has 0 unspecified atom stereocenters. The van der Waals surface area contributed by atoms with Crippen molar-refractivity contribution in [3.8, 4) is 0 Å². The number of nitrogens with two attached hydrogens (primary N) is 1. The fourth-order valence-electron chi connectivity index (χ4n) is 1.85. The Bertz CT molecular complexity index is 357. The van der Waals surface area contributed by atoms with Crippen LogP contribution in [-0.2, 0) is 6.54 Å². The highest BCUT2D eigenvalue weighted by Gasteiger charge is 2.06. The fourth-order valence-corrected chi connectivity index (χ4v) is 1.85. The molecule has 0 aromatic heterocycles. The van der Waals surface area contributed by atoms with Crippen molar-refractivity contribution in [3.05, 3.63) is 35.4 Å². The summed E-state index contributed by atoms with van der Waals surface area (Å²) in [6.07, 6.45) is 0. The summed E-state index contributed by atoms with van der Waals surface area (Å²) in [5.74, 6) is 0.297. The van der Waals surface area contributed by atoms with Crippen molar-refractivity contribution in [1.82, 2.24) is 4.90 Å². The van der Waals surface area contributed by atoms with E-state index in [1.54, 1.807) is 12.1 Å². The Morgan fingerprint density at radius 1 is 1.29 bits per heavy atom. The van der Waals surface area contributed by atoms with Crippen LogP contribution in [0.3, 0.4) is 0 Å². The van der Waals surface area contributed by atoms with Gasteiger partial charge in [-0.15, -0.1) is 0 Å². The molecule has 1 aromatic rings. The molecule has 2 N–H and O–H groups in total. The first-order valence-corrected chi connectivity index (χ1v) is 6.14. The molecular weight excluding hydrogens is 212 g/mol. The first-order chi connectivity index (χ1) is 8.02. The lowest BCUT2D eigenvalue weighted by Gasteiger charge is -2.22. The highest BCUT2D eigenvalue weighted by Crippen LogP contribution is 2.09. The largest absolute Gasteiger partial charge is 0.366 e. The highest BCUT2D eigenvalue weighted by molar-refractivity contribution is 5.92. The van der Waals surface area contributed by atoms with Gasteiger partial charge in [0.15, 0.2) is 0 Å². The number of benzene rings is 1. The molecule has 0 aliphatic rings. The van der Waals surface area contributed by atoms with Gasteiger partial charge in [0.05, 0.1) is 0 Å². The standard InChI is InChI=1S/C14H22N2O/c1-4-16(9-11(2)3)10-12-5-7-13(8-6-12)14(15)17/h5-8,11H,4,9-10H2,1-3H3,(H2,15,17). The van der Waals surface area contributed by atoms with Crippen LogP contribution in [0.1, 0.15) is 36.7 Å². The molecule has 0 bridgehead atoms. The van der Waals surface area contributed by atoms with Crippen LogP contribution in [0, 0.1) is 5.92 Å². The van der Waals surface area contributed by atoms with E-state index in [1.807, 2.05) is 12.1 Å². The molecule has 0 heterocycles. The monoisotopic (exact) mass is 234 g/mol. The first kappa shape index (κ1) is 13.7. The lowest BCUT2D eigenvalue weighted by Crippen LogP contribution is -2.27. The summed E-state index contributed by atoms with van der Waals surface area (Å²) in [5, 5.41) is 0. The van der Waals surface area contributed by atoms with Gasteiger partial charge >= 0.3 is 0 Å². The summed E-state index contributed by atoms with van der Waals surface area (Å²) in [5.41, 5.74) is 7.00. The molecule has 0 fully saturated rings. The molecule has 0 atom stereocenters. The van der Waals surface area contributed by atoms with E-state index in [2.05, 4.69) is 25.7 Å². The van der Waals surface area contributed by atoms with Gasteiger partial charge in [0, 0.05) is 18.7 Å². The van der Waals surface area contributed by atoms with Gasteiger partial charge in [0.1, 0.15) is 0 Å². The van der Waals surface area contributed by atoms with Crippen LogP contribution < -0.4 is 5.73 Å². The van der Waals surface area contributed by atoms with Crippen molar-refractivity contribution in [3.63, 3.8) is 0 Å². The number of nitrogens with zero attached hydrogens (tertiary/aromatic N) is 1. The third-order valence-corrected chi connectivity index (χ3v) is 2.72. The van der Waals surface area contributed by atoms with E-state index in [9.17, 15) is 4.79 Å². The quantitative estimate of drug-likeness (QED) is 0.820. The number of amides is 1. The van der Waals surface area contributed by atoms with Gasteiger partial charge in [-0.05, 0) is 30.2 Å². The van der Waals surface area contributed by atoms with Crippen molar-refractivity contribution < 1.29 is 4.79 Å². The van der Waals surface area contributed by atoms with Crippen molar-refractivity contribution >= 4 is 5.91 Å². The van der Waals surface area contributed by atoms with Crippen molar-refractivity contribution in [1.29, 1.82) is 0 Å². The average Bonchev–Trinajstić information content (AvgIpc) is 2.28. The highest BCUT2D eigenvalue weighted by atomic mass is 16.1. The summed E-state index contributed by atoms with van der Waals surface area (Å²) in [4.78, 5) is 13.3. The zero-order chi connectivity index (χ0) is 12.8. The molecule has 0 spiro atoms. The minimum atomic E-state index is -0.369. The van der Waals surface area contributed by atoms with E-state index >= 15 is 0 Å². The molecule has 3 nitrogen and oxygen atoms in total. The smallest absolute Gasteiger partial charge is 0.248 e. The minimum Gasteiger partial charge on any atom is -0.366 e.